The molecule has 1 atom stereocenters. The molecule has 0 aromatic carbocycles. The molecule has 1 unspecified atom stereocenters. The van der Waals surface area contributed by atoms with Crippen molar-refractivity contribution in [2.24, 2.45) is 11.1 Å². The van der Waals surface area contributed by atoms with Crippen LogP contribution < -0.4 is 5.73 Å². The molecule has 0 amide bonds. The Kier molecular flexibility index (Phi) is 3.39. The highest BCUT2D eigenvalue weighted by Crippen LogP contribution is 2.33. The summed E-state index contributed by atoms with van der Waals surface area (Å²) in [6.45, 7) is 7.00. The van der Waals surface area contributed by atoms with Crippen LogP contribution in [0.25, 0.3) is 0 Å². The van der Waals surface area contributed by atoms with Crippen molar-refractivity contribution >= 4 is 0 Å². The van der Waals surface area contributed by atoms with Gasteiger partial charge in [-0.15, -0.1) is 0 Å². The molecule has 0 aliphatic heterocycles. The second-order valence-corrected chi connectivity index (χ2v) is 5.88. The van der Waals surface area contributed by atoms with Crippen molar-refractivity contribution in [1.82, 2.24) is 0 Å². The lowest BCUT2D eigenvalue weighted by molar-refractivity contribution is 0.289. The van der Waals surface area contributed by atoms with Gasteiger partial charge in [0.15, 0.2) is 0 Å². The summed E-state index contributed by atoms with van der Waals surface area (Å²) in [4.78, 5) is 0. The van der Waals surface area contributed by atoms with Gasteiger partial charge in [-0.3, -0.25) is 0 Å². The first-order chi connectivity index (χ1) is 5.91. The molecule has 0 bridgehead atoms. The van der Waals surface area contributed by atoms with Crippen LogP contribution in [0.5, 0.6) is 0 Å². The molecule has 78 valence electrons. The third kappa shape index (κ3) is 4.12. The largest absolute Gasteiger partial charge is 0.325 e. The second kappa shape index (κ2) is 4.00. The van der Waals surface area contributed by atoms with Crippen LogP contribution >= 0.6 is 0 Å². The highest BCUT2D eigenvalue weighted by molar-refractivity contribution is 4.82. The number of rotatable bonds is 0. The average Bonchev–Trinajstić information content (AvgIpc) is 2.01. The second-order valence-electron chi connectivity index (χ2n) is 5.88. The molecule has 0 aromatic rings. The average molecular weight is 183 g/mol. The minimum absolute atomic E-state index is 0.112. The van der Waals surface area contributed by atoms with Crippen LogP contribution in [0.2, 0.25) is 0 Å². The first-order valence-corrected chi connectivity index (χ1v) is 5.70. The minimum atomic E-state index is 0.112. The Morgan fingerprint density at radius 3 is 1.92 bits per heavy atom. The first-order valence-electron chi connectivity index (χ1n) is 5.70. The van der Waals surface area contributed by atoms with Crippen LogP contribution in [0.1, 0.15) is 65.7 Å². The Hall–Kier alpha value is -0.0400. The van der Waals surface area contributed by atoms with E-state index in [2.05, 4.69) is 20.8 Å². The van der Waals surface area contributed by atoms with Gasteiger partial charge >= 0.3 is 0 Å². The van der Waals surface area contributed by atoms with Crippen molar-refractivity contribution in [1.29, 1.82) is 0 Å². The van der Waals surface area contributed by atoms with Crippen molar-refractivity contribution in [2.45, 2.75) is 71.3 Å². The molecule has 1 aliphatic rings. The maximum absolute atomic E-state index is 6.21. The van der Waals surface area contributed by atoms with Crippen LogP contribution in [0, 0.1) is 5.41 Å². The van der Waals surface area contributed by atoms with E-state index >= 15 is 0 Å². The fraction of sp³-hybridized carbons (Fsp3) is 1.00. The lowest BCUT2D eigenvalue weighted by Crippen LogP contribution is -2.35. The van der Waals surface area contributed by atoms with Crippen molar-refractivity contribution < 1.29 is 0 Å². The summed E-state index contributed by atoms with van der Waals surface area (Å²) in [6, 6.07) is 0. The summed E-state index contributed by atoms with van der Waals surface area (Å²) < 4.78 is 0. The highest BCUT2D eigenvalue weighted by Gasteiger charge is 2.24. The first kappa shape index (κ1) is 11.0. The fourth-order valence-corrected chi connectivity index (χ4v) is 2.35. The van der Waals surface area contributed by atoms with E-state index in [4.69, 9.17) is 5.73 Å². The van der Waals surface area contributed by atoms with Gasteiger partial charge in [0.1, 0.15) is 0 Å². The van der Waals surface area contributed by atoms with E-state index < -0.39 is 0 Å². The van der Waals surface area contributed by atoms with Crippen molar-refractivity contribution in [3.05, 3.63) is 0 Å². The zero-order chi connectivity index (χ0) is 9.95. The van der Waals surface area contributed by atoms with E-state index in [1.54, 1.807) is 0 Å². The molecule has 1 fully saturated rings. The SMILES string of the molecule is CC1(C)CCCCC(C)(N)CCC1. The molecule has 0 spiro atoms. The van der Waals surface area contributed by atoms with E-state index in [0.717, 1.165) is 0 Å². The van der Waals surface area contributed by atoms with E-state index in [1.165, 1.54) is 44.9 Å². The maximum atomic E-state index is 6.21. The monoisotopic (exact) mass is 183 g/mol. The molecule has 13 heavy (non-hydrogen) atoms. The summed E-state index contributed by atoms with van der Waals surface area (Å²) in [5.74, 6) is 0. The number of hydrogen-bond donors (Lipinski definition) is 1. The van der Waals surface area contributed by atoms with Gasteiger partial charge in [0.25, 0.3) is 0 Å². The Morgan fingerprint density at radius 1 is 0.769 bits per heavy atom. The predicted molar refractivity (Wildman–Crippen MR) is 58.7 cm³/mol. The van der Waals surface area contributed by atoms with Crippen LogP contribution in [-0.2, 0) is 0 Å². The van der Waals surface area contributed by atoms with Gasteiger partial charge in [0, 0.05) is 5.54 Å². The third-order valence-electron chi connectivity index (χ3n) is 3.45. The van der Waals surface area contributed by atoms with E-state index in [0.29, 0.717) is 5.41 Å². The van der Waals surface area contributed by atoms with Gasteiger partial charge in [-0.1, -0.05) is 33.1 Å². The van der Waals surface area contributed by atoms with Crippen molar-refractivity contribution in [3.63, 3.8) is 0 Å². The molecular weight excluding hydrogens is 158 g/mol. The number of hydrogen-bond acceptors (Lipinski definition) is 1. The summed E-state index contributed by atoms with van der Waals surface area (Å²) in [5, 5.41) is 0. The van der Waals surface area contributed by atoms with E-state index in [9.17, 15) is 0 Å². The minimum Gasteiger partial charge on any atom is -0.325 e. The predicted octanol–water partition coefficient (Wildman–Crippen LogP) is 3.47. The Bertz CT molecular complexity index is 141. The molecule has 1 saturated carbocycles. The summed E-state index contributed by atoms with van der Waals surface area (Å²) in [5.41, 5.74) is 6.87. The Morgan fingerprint density at radius 2 is 1.23 bits per heavy atom. The quantitative estimate of drug-likeness (QED) is 0.611. The summed E-state index contributed by atoms with van der Waals surface area (Å²) in [6.07, 6.45) is 9.12. The standard InChI is InChI=1S/C12H25N/c1-11(2)7-4-5-9-12(3,13)10-6-8-11/h4-10,13H2,1-3H3. The molecule has 1 heteroatoms. The zero-order valence-corrected chi connectivity index (χ0v) is 9.53. The van der Waals surface area contributed by atoms with E-state index in [-0.39, 0.29) is 5.54 Å². The van der Waals surface area contributed by atoms with Gasteiger partial charge in [-0.2, -0.15) is 0 Å². The highest BCUT2D eigenvalue weighted by atomic mass is 14.7. The maximum Gasteiger partial charge on any atom is 0.0125 e. The zero-order valence-electron chi connectivity index (χ0n) is 9.53. The lowest BCUT2D eigenvalue weighted by Gasteiger charge is -2.25. The number of nitrogens with two attached hydrogens (primary N) is 1. The van der Waals surface area contributed by atoms with E-state index in [1.807, 2.05) is 0 Å². The van der Waals surface area contributed by atoms with Crippen LogP contribution in [0.3, 0.4) is 0 Å². The van der Waals surface area contributed by atoms with Gasteiger partial charge in [0.2, 0.25) is 0 Å². The molecule has 0 aromatic heterocycles. The molecule has 1 nitrogen and oxygen atoms in total. The summed E-state index contributed by atoms with van der Waals surface area (Å²) >= 11 is 0. The molecule has 0 radical (unpaired) electrons. The van der Waals surface area contributed by atoms with Gasteiger partial charge < -0.3 is 5.73 Å². The normalized spacial score (nSPS) is 36.0. The van der Waals surface area contributed by atoms with Crippen LogP contribution in [0.15, 0.2) is 0 Å². The molecule has 0 heterocycles. The van der Waals surface area contributed by atoms with Gasteiger partial charge in [-0.25, -0.2) is 0 Å². The van der Waals surface area contributed by atoms with Crippen molar-refractivity contribution in [2.75, 3.05) is 0 Å². The molecule has 2 N–H and O–H groups in total. The molecular formula is C12H25N. The van der Waals surface area contributed by atoms with Crippen molar-refractivity contribution in [3.8, 4) is 0 Å². The fourth-order valence-electron chi connectivity index (χ4n) is 2.35. The smallest absolute Gasteiger partial charge is 0.0125 e. The van der Waals surface area contributed by atoms with Crippen LogP contribution in [0.4, 0.5) is 0 Å². The topological polar surface area (TPSA) is 26.0 Å². The molecule has 0 saturated heterocycles. The van der Waals surface area contributed by atoms with Gasteiger partial charge in [-0.05, 0) is 38.0 Å². The third-order valence-corrected chi connectivity index (χ3v) is 3.45. The van der Waals surface area contributed by atoms with Gasteiger partial charge in [0.05, 0.1) is 0 Å². The van der Waals surface area contributed by atoms with Crippen LogP contribution in [-0.4, -0.2) is 5.54 Å². The molecule has 1 aliphatic carbocycles. The molecule has 1 rings (SSSR count). The Balaban J connectivity index is 2.48. The Labute approximate surface area is 83.1 Å². The summed E-state index contributed by atoms with van der Waals surface area (Å²) in [7, 11) is 0. The lowest BCUT2D eigenvalue weighted by atomic mass is 9.82.